The van der Waals surface area contributed by atoms with E-state index < -0.39 is 0 Å². The Morgan fingerprint density at radius 3 is 2.82 bits per heavy atom. The van der Waals surface area contributed by atoms with Gasteiger partial charge < -0.3 is 9.84 Å². The normalized spacial score (nSPS) is 10.3. The van der Waals surface area contributed by atoms with Gasteiger partial charge in [0.15, 0.2) is 0 Å². The fourth-order valence-corrected chi connectivity index (χ4v) is 1.88. The van der Waals surface area contributed by atoms with Crippen molar-refractivity contribution in [3.8, 4) is 17.0 Å². The molecule has 0 spiro atoms. The van der Waals surface area contributed by atoms with Gasteiger partial charge in [-0.1, -0.05) is 17.7 Å². The molecule has 0 unspecified atom stereocenters. The molecule has 0 amide bonds. The third-order valence-electron chi connectivity index (χ3n) is 2.60. The minimum atomic E-state index is 0.0389. The molecule has 0 aliphatic rings. The van der Waals surface area contributed by atoms with Gasteiger partial charge in [0.1, 0.15) is 0 Å². The van der Waals surface area contributed by atoms with Crippen LogP contribution in [0.1, 0.15) is 11.1 Å². The Morgan fingerprint density at radius 2 is 2.12 bits per heavy atom. The van der Waals surface area contributed by atoms with Gasteiger partial charge in [0.05, 0.1) is 13.7 Å². The highest BCUT2D eigenvalue weighted by Crippen LogP contribution is 2.29. The van der Waals surface area contributed by atoms with Crippen LogP contribution in [-0.2, 0) is 6.61 Å². The number of hydrogen-bond acceptors (Lipinski definition) is 3. The molecule has 0 bridgehead atoms. The van der Waals surface area contributed by atoms with E-state index in [-0.39, 0.29) is 6.61 Å². The first-order valence-electron chi connectivity index (χ1n) is 5.45. The summed E-state index contributed by atoms with van der Waals surface area (Å²) in [7, 11) is 1.61. The number of aliphatic hydroxyl groups is 1. The molecule has 17 heavy (non-hydrogen) atoms. The minimum absolute atomic E-state index is 0.0389. The number of nitrogens with zero attached hydrogens (tertiary/aromatic N) is 1. The molecule has 1 aromatic heterocycles. The van der Waals surface area contributed by atoms with E-state index >= 15 is 0 Å². The molecule has 2 aromatic rings. The van der Waals surface area contributed by atoms with Crippen LogP contribution in [0.4, 0.5) is 0 Å². The quantitative estimate of drug-likeness (QED) is 0.879. The number of methoxy groups -OCH3 is 1. The Labute approximate surface area is 101 Å². The van der Waals surface area contributed by atoms with Crippen LogP contribution >= 0.6 is 0 Å². The van der Waals surface area contributed by atoms with E-state index in [2.05, 4.69) is 11.1 Å². The fraction of sp³-hybridized carbons (Fsp3) is 0.214. The van der Waals surface area contributed by atoms with Crippen molar-refractivity contribution in [2.24, 2.45) is 0 Å². The molecule has 0 fully saturated rings. The number of ether oxygens (including phenoxy) is 1. The molecule has 3 heteroatoms. The van der Waals surface area contributed by atoms with E-state index in [1.165, 1.54) is 0 Å². The molecule has 0 saturated carbocycles. The van der Waals surface area contributed by atoms with Gasteiger partial charge in [-0.25, -0.2) is 4.98 Å². The highest BCUT2D eigenvalue weighted by molar-refractivity contribution is 5.69. The topological polar surface area (TPSA) is 42.4 Å². The molecule has 1 aromatic carbocycles. The summed E-state index contributed by atoms with van der Waals surface area (Å²) in [6.45, 7) is 2.04. The Kier molecular flexibility index (Phi) is 3.40. The second-order valence-electron chi connectivity index (χ2n) is 3.93. The van der Waals surface area contributed by atoms with Gasteiger partial charge in [-0.05, 0) is 36.2 Å². The number of rotatable bonds is 3. The van der Waals surface area contributed by atoms with E-state index in [4.69, 9.17) is 4.74 Å². The largest absolute Gasteiger partial charge is 0.481 e. The summed E-state index contributed by atoms with van der Waals surface area (Å²) in [5.74, 6) is 0.599. The standard InChI is InChI=1S/C14H15NO2/c1-10-6-11(9-16)8-12(7-10)13-4-3-5-15-14(13)17-2/h3-8,16H,9H2,1-2H3. The average molecular weight is 229 g/mol. The van der Waals surface area contributed by atoms with Crippen molar-refractivity contribution >= 4 is 0 Å². The lowest BCUT2D eigenvalue weighted by atomic mass is 10.0. The van der Waals surface area contributed by atoms with Gasteiger partial charge in [-0.15, -0.1) is 0 Å². The lowest BCUT2D eigenvalue weighted by molar-refractivity contribution is 0.282. The maximum absolute atomic E-state index is 9.21. The van der Waals surface area contributed by atoms with Crippen LogP contribution in [0.25, 0.3) is 11.1 Å². The maximum atomic E-state index is 9.21. The molecule has 1 N–H and O–H groups in total. The number of hydrogen-bond donors (Lipinski definition) is 1. The number of aliphatic hydroxyl groups excluding tert-OH is 1. The van der Waals surface area contributed by atoms with Crippen LogP contribution in [0.15, 0.2) is 36.5 Å². The Hall–Kier alpha value is -1.87. The number of pyridine rings is 1. The molecule has 0 aliphatic carbocycles. The van der Waals surface area contributed by atoms with Gasteiger partial charge in [-0.2, -0.15) is 0 Å². The molecule has 0 saturated heterocycles. The summed E-state index contributed by atoms with van der Waals surface area (Å²) in [6, 6.07) is 9.80. The third kappa shape index (κ3) is 2.45. The first kappa shape index (κ1) is 11.6. The SMILES string of the molecule is COc1ncccc1-c1cc(C)cc(CO)c1. The summed E-state index contributed by atoms with van der Waals surface area (Å²) < 4.78 is 5.24. The lowest BCUT2D eigenvalue weighted by Crippen LogP contribution is -1.93. The molecule has 88 valence electrons. The van der Waals surface area contributed by atoms with Crippen LogP contribution < -0.4 is 4.74 Å². The molecule has 0 aliphatic heterocycles. The van der Waals surface area contributed by atoms with E-state index in [1.807, 2.05) is 31.2 Å². The number of aryl methyl sites for hydroxylation is 1. The zero-order valence-corrected chi connectivity index (χ0v) is 9.97. The van der Waals surface area contributed by atoms with Gasteiger partial charge >= 0.3 is 0 Å². The Bertz CT molecular complexity index is 523. The van der Waals surface area contributed by atoms with Gasteiger partial charge in [0.2, 0.25) is 5.88 Å². The van der Waals surface area contributed by atoms with E-state index in [0.717, 1.165) is 22.3 Å². The monoisotopic (exact) mass is 229 g/mol. The second-order valence-corrected chi connectivity index (χ2v) is 3.93. The molecular weight excluding hydrogens is 214 g/mol. The molecular formula is C14H15NO2. The summed E-state index contributed by atoms with van der Waals surface area (Å²) >= 11 is 0. The first-order valence-corrected chi connectivity index (χ1v) is 5.45. The van der Waals surface area contributed by atoms with E-state index in [0.29, 0.717) is 5.88 Å². The molecule has 2 rings (SSSR count). The van der Waals surface area contributed by atoms with Crippen molar-refractivity contribution in [3.05, 3.63) is 47.7 Å². The number of benzene rings is 1. The summed E-state index contributed by atoms with van der Waals surface area (Å²) in [5.41, 5.74) is 3.95. The zero-order chi connectivity index (χ0) is 12.3. The van der Waals surface area contributed by atoms with Crippen LogP contribution in [0.2, 0.25) is 0 Å². The summed E-state index contributed by atoms with van der Waals surface area (Å²) in [5, 5.41) is 9.21. The Balaban J connectivity index is 2.55. The van der Waals surface area contributed by atoms with Crippen molar-refractivity contribution in [1.29, 1.82) is 0 Å². The van der Waals surface area contributed by atoms with E-state index in [9.17, 15) is 5.11 Å². The van der Waals surface area contributed by atoms with Crippen molar-refractivity contribution < 1.29 is 9.84 Å². The predicted octanol–water partition coefficient (Wildman–Crippen LogP) is 2.56. The highest BCUT2D eigenvalue weighted by Gasteiger charge is 2.07. The van der Waals surface area contributed by atoms with Crippen LogP contribution in [0.5, 0.6) is 5.88 Å². The third-order valence-corrected chi connectivity index (χ3v) is 2.60. The summed E-state index contributed by atoms with van der Waals surface area (Å²) in [6.07, 6.45) is 1.70. The van der Waals surface area contributed by atoms with Crippen molar-refractivity contribution in [3.63, 3.8) is 0 Å². The van der Waals surface area contributed by atoms with Crippen molar-refractivity contribution in [1.82, 2.24) is 4.98 Å². The lowest BCUT2D eigenvalue weighted by Gasteiger charge is -2.09. The second kappa shape index (κ2) is 4.97. The van der Waals surface area contributed by atoms with Crippen LogP contribution in [0, 0.1) is 6.92 Å². The molecule has 1 heterocycles. The Morgan fingerprint density at radius 1 is 1.29 bits per heavy atom. The van der Waals surface area contributed by atoms with Crippen LogP contribution in [0.3, 0.4) is 0 Å². The van der Waals surface area contributed by atoms with Gasteiger partial charge in [-0.3, -0.25) is 0 Å². The van der Waals surface area contributed by atoms with Gasteiger partial charge in [0.25, 0.3) is 0 Å². The van der Waals surface area contributed by atoms with Crippen molar-refractivity contribution in [2.45, 2.75) is 13.5 Å². The molecule has 0 radical (unpaired) electrons. The van der Waals surface area contributed by atoms with E-state index in [1.54, 1.807) is 13.3 Å². The molecule has 3 nitrogen and oxygen atoms in total. The van der Waals surface area contributed by atoms with Crippen LogP contribution in [-0.4, -0.2) is 17.2 Å². The average Bonchev–Trinajstić information content (AvgIpc) is 2.37. The highest BCUT2D eigenvalue weighted by atomic mass is 16.5. The predicted molar refractivity (Wildman–Crippen MR) is 66.9 cm³/mol. The minimum Gasteiger partial charge on any atom is -0.481 e. The maximum Gasteiger partial charge on any atom is 0.221 e. The molecule has 0 atom stereocenters. The first-order chi connectivity index (χ1) is 8.24. The van der Waals surface area contributed by atoms with Gasteiger partial charge in [0, 0.05) is 11.8 Å². The smallest absolute Gasteiger partial charge is 0.221 e. The zero-order valence-electron chi connectivity index (χ0n) is 9.97. The fourth-order valence-electron chi connectivity index (χ4n) is 1.88. The van der Waals surface area contributed by atoms with Crippen molar-refractivity contribution in [2.75, 3.05) is 7.11 Å². The summed E-state index contributed by atoms with van der Waals surface area (Å²) in [4.78, 5) is 4.17. The number of aromatic nitrogens is 1.